The van der Waals surface area contributed by atoms with E-state index in [4.69, 9.17) is 27.9 Å². The predicted molar refractivity (Wildman–Crippen MR) is 164 cm³/mol. The Morgan fingerprint density at radius 1 is 0.977 bits per heavy atom. The fourth-order valence-corrected chi connectivity index (χ4v) is 9.17. The molecule has 6 atom stereocenters. The Hall–Kier alpha value is -3.66. The average Bonchev–Trinajstić information content (AvgIpc) is 3.66. The molecule has 2 aliphatic carbocycles. The van der Waals surface area contributed by atoms with Crippen LogP contribution < -0.4 is 4.74 Å². The Morgan fingerprint density at radius 2 is 1.75 bits per heavy atom. The van der Waals surface area contributed by atoms with Crippen LogP contribution >= 0.6 is 34.5 Å². The monoisotopic (exact) mass is 650 g/mol. The maximum absolute atomic E-state index is 13.9. The number of ether oxygens (including phenoxy) is 1. The molecule has 1 N–H and O–H groups in total. The highest BCUT2D eigenvalue weighted by Crippen LogP contribution is 2.66. The number of allylic oxidation sites excluding steroid dienone is 2. The Labute approximate surface area is 267 Å². The molecule has 4 aliphatic rings. The number of thiophene rings is 1. The zero-order valence-electron chi connectivity index (χ0n) is 23.6. The number of nitrogens with zero attached hydrogens (tertiary/aromatic N) is 2. The summed E-state index contributed by atoms with van der Waals surface area (Å²) in [5.41, 5.74) is 1.86. The van der Waals surface area contributed by atoms with Crippen molar-refractivity contribution in [1.82, 2.24) is 9.80 Å². The molecule has 0 spiro atoms. The second kappa shape index (κ2) is 10.5. The summed E-state index contributed by atoms with van der Waals surface area (Å²) in [5, 5.41) is 13.3. The highest BCUT2D eigenvalue weighted by molar-refractivity contribution is 7.09. The summed E-state index contributed by atoms with van der Waals surface area (Å²) in [7, 11) is 1.34. The Kier molecular flexibility index (Phi) is 6.91. The molecule has 1 saturated carbocycles. The van der Waals surface area contributed by atoms with Crippen molar-refractivity contribution in [1.29, 1.82) is 0 Å². The van der Waals surface area contributed by atoms with Gasteiger partial charge in [0.05, 0.1) is 18.4 Å². The van der Waals surface area contributed by atoms with Gasteiger partial charge >= 0.3 is 0 Å². The number of imide groups is 2. The standard InChI is InChI=1S/C33H28Cl2N2O6S/c1-36-30(41)32(34)15-24-21(11-12-23-26(24)29(40)37(28(23)39)16-20-8-5-13-44-20)27(33(32,35)31(36)42)22-10-9-19(14-25(22)38)43-17-18-6-3-2-4-7-18/h2-11,13-14,23-24,26-27,38H,12,15-17H2,1H3/t23-,24+,26-,27+,32+,33-/m0/s1. The quantitative estimate of drug-likeness (QED) is 0.223. The van der Waals surface area contributed by atoms with Gasteiger partial charge in [-0.25, -0.2) is 0 Å². The summed E-state index contributed by atoms with van der Waals surface area (Å²) in [4.78, 5) is 54.1. The van der Waals surface area contributed by atoms with Crippen LogP contribution in [0.15, 0.2) is 77.7 Å². The molecule has 44 heavy (non-hydrogen) atoms. The van der Waals surface area contributed by atoms with Crippen molar-refractivity contribution in [3.63, 3.8) is 0 Å². The smallest absolute Gasteiger partial charge is 0.253 e. The Balaban J connectivity index is 1.29. The van der Waals surface area contributed by atoms with E-state index >= 15 is 0 Å². The van der Waals surface area contributed by atoms with Crippen molar-refractivity contribution in [3.05, 3.63) is 93.7 Å². The zero-order chi connectivity index (χ0) is 31.0. The molecule has 2 saturated heterocycles. The van der Waals surface area contributed by atoms with Gasteiger partial charge in [-0.15, -0.1) is 34.5 Å². The summed E-state index contributed by atoms with van der Waals surface area (Å²) in [5.74, 6) is -4.81. The molecular weight excluding hydrogens is 623 g/mol. The number of fused-ring (bicyclic) bond motifs is 4. The number of alkyl halides is 2. The van der Waals surface area contributed by atoms with E-state index in [9.17, 15) is 24.3 Å². The number of carbonyl (C=O) groups excluding carboxylic acids is 4. The maximum atomic E-state index is 13.9. The van der Waals surface area contributed by atoms with Crippen molar-refractivity contribution < 1.29 is 29.0 Å². The maximum Gasteiger partial charge on any atom is 0.253 e. The molecule has 2 aromatic carbocycles. The first-order valence-electron chi connectivity index (χ1n) is 14.3. The van der Waals surface area contributed by atoms with Gasteiger partial charge in [-0.3, -0.25) is 29.0 Å². The molecular formula is C33H28Cl2N2O6S. The molecule has 0 radical (unpaired) electrons. The van der Waals surface area contributed by atoms with Gasteiger partial charge in [-0.2, -0.15) is 0 Å². The topological polar surface area (TPSA) is 104 Å². The predicted octanol–water partition coefficient (Wildman–Crippen LogP) is 5.22. The Morgan fingerprint density at radius 3 is 2.45 bits per heavy atom. The second-order valence-corrected chi connectivity index (χ2v) is 14.1. The van der Waals surface area contributed by atoms with Crippen LogP contribution in [0, 0.1) is 17.8 Å². The number of benzene rings is 2. The minimum absolute atomic E-state index is 0.0959. The van der Waals surface area contributed by atoms with Gasteiger partial charge in [0.25, 0.3) is 11.8 Å². The first-order chi connectivity index (χ1) is 21.1. The van der Waals surface area contributed by atoms with Crippen molar-refractivity contribution in [2.24, 2.45) is 17.8 Å². The lowest BCUT2D eigenvalue weighted by Gasteiger charge is -2.50. The van der Waals surface area contributed by atoms with Gasteiger partial charge in [0.2, 0.25) is 11.8 Å². The minimum Gasteiger partial charge on any atom is -0.508 e. The molecule has 8 nitrogen and oxygen atoms in total. The highest BCUT2D eigenvalue weighted by Gasteiger charge is 2.76. The van der Waals surface area contributed by atoms with E-state index in [1.54, 1.807) is 12.1 Å². The van der Waals surface area contributed by atoms with E-state index in [0.29, 0.717) is 11.3 Å². The fraction of sp³-hybridized carbons (Fsp3) is 0.333. The first-order valence-corrected chi connectivity index (χ1v) is 16.0. The lowest BCUT2D eigenvalue weighted by Crippen LogP contribution is -2.60. The number of hydrogen-bond donors (Lipinski definition) is 1. The van der Waals surface area contributed by atoms with Gasteiger partial charge in [-0.05, 0) is 41.8 Å². The summed E-state index contributed by atoms with van der Waals surface area (Å²) in [6, 6.07) is 18.0. The zero-order valence-corrected chi connectivity index (χ0v) is 25.9. The molecule has 2 aliphatic heterocycles. The lowest BCUT2D eigenvalue weighted by molar-refractivity contribution is -0.141. The number of halogens is 2. The van der Waals surface area contributed by atoms with E-state index in [0.717, 1.165) is 15.3 Å². The van der Waals surface area contributed by atoms with Crippen LogP contribution in [0.3, 0.4) is 0 Å². The molecule has 0 unspecified atom stereocenters. The van der Waals surface area contributed by atoms with Crippen LogP contribution in [0.5, 0.6) is 11.5 Å². The molecule has 226 valence electrons. The average molecular weight is 652 g/mol. The van der Waals surface area contributed by atoms with E-state index in [1.807, 2.05) is 53.9 Å². The summed E-state index contributed by atoms with van der Waals surface area (Å²) in [6.07, 6.45) is 2.02. The van der Waals surface area contributed by atoms with Crippen LogP contribution in [0.25, 0.3) is 0 Å². The normalized spacial score (nSPS) is 31.1. The fourth-order valence-electron chi connectivity index (χ4n) is 7.47. The van der Waals surface area contributed by atoms with Crippen LogP contribution in [0.1, 0.15) is 34.8 Å². The number of amides is 4. The SMILES string of the molecule is CN1C(=O)[C@]2(Cl)C[C@@H]3C(=CC[C@@H]4C(=O)N(Cc5cccs5)C(=O)[C@@H]43)[C@H](c3ccc(OCc4ccccc4)cc3O)[C@]2(Cl)C1=O. The van der Waals surface area contributed by atoms with Gasteiger partial charge in [0.15, 0.2) is 9.75 Å². The third-order valence-electron chi connectivity index (χ3n) is 9.56. The van der Waals surface area contributed by atoms with Crippen molar-refractivity contribution in [2.75, 3.05) is 7.05 Å². The molecule has 3 fully saturated rings. The molecule has 7 rings (SSSR count). The largest absolute Gasteiger partial charge is 0.508 e. The van der Waals surface area contributed by atoms with Crippen LogP contribution in [-0.2, 0) is 32.3 Å². The first kappa shape index (κ1) is 29.1. The molecule has 4 amide bonds. The van der Waals surface area contributed by atoms with Crippen LogP contribution in [-0.4, -0.2) is 55.3 Å². The number of aromatic hydroxyl groups is 1. The minimum atomic E-state index is -1.97. The number of likely N-dealkylation sites (tertiary alicyclic amines) is 2. The van der Waals surface area contributed by atoms with Crippen LogP contribution in [0.4, 0.5) is 0 Å². The number of phenolic OH excluding ortho intramolecular Hbond substituents is 1. The van der Waals surface area contributed by atoms with E-state index in [-0.39, 0.29) is 49.1 Å². The third-order valence-corrected chi connectivity index (χ3v) is 11.8. The lowest BCUT2D eigenvalue weighted by atomic mass is 9.56. The van der Waals surface area contributed by atoms with E-state index < -0.39 is 45.2 Å². The molecule has 11 heteroatoms. The molecule has 1 aromatic heterocycles. The van der Waals surface area contributed by atoms with Gasteiger partial charge in [0.1, 0.15) is 18.1 Å². The van der Waals surface area contributed by atoms with E-state index in [2.05, 4.69) is 0 Å². The van der Waals surface area contributed by atoms with E-state index in [1.165, 1.54) is 29.4 Å². The van der Waals surface area contributed by atoms with Crippen LogP contribution in [0.2, 0.25) is 0 Å². The summed E-state index contributed by atoms with van der Waals surface area (Å²) in [6.45, 7) is 0.449. The molecule has 3 aromatic rings. The number of rotatable bonds is 6. The summed E-state index contributed by atoms with van der Waals surface area (Å²) < 4.78 is 5.90. The second-order valence-electron chi connectivity index (χ2n) is 11.8. The number of phenols is 1. The van der Waals surface area contributed by atoms with Gasteiger partial charge in [-0.1, -0.05) is 54.1 Å². The highest BCUT2D eigenvalue weighted by atomic mass is 35.5. The molecule has 0 bridgehead atoms. The van der Waals surface area contributed by atoms with Gasteiger partial charge in [0, 0.05) is 29.5 Å². The third kappa shape index (κ3) is 4.09. The molecule has 3 heterocycles. The van der Waals surface area contributed by atoms with Crippen molar-refractivity contribution in [2.45, 2.75) is 41.7 Å². The Bertz CT molecular complexity index is 1730. The number of hydrogen-bond acceptors (Lipinski definition) is 7. The van der Waals surface area contributed by atoms with Crippen molar-refractivity contribution >= 4 is 58.2 Å². The number of carbonyl (C=O) groups is 4. The summed E-state index contributed by atoms with van der Waals surface area (Å²) >= 11 is 15.9. The van der Waals surface area contributed by atoms with Crippen molar-refractivity contribution in [3.8, 4) is 11.5 Å². The van der Waals surface area contributed by atoms with Gasteiger partial charge < -0.3 is 9.84 Å².